The van der Waals surface area contributed by atoms with Gasteiger partial charge in [0.15, 0.2) is 6.29 Å². The summed E-state index contributed by atoms with van der Waals surface area (Å²) in [6.07, 6.45) is 2.54. The second-order valence-electron chi connectivity index (χ2n) is 4.82. The van der Waals surface area contributed by atoms with Crippen molar-refractivity contribution >= 4 is 6.29 Å². The van der Waals surface area contributed by atoms with E-state index in [-0.39, 0.29) is 5.41 Å². The third-order valence-electron chi connectivity index (χ3n) is 2.38. The molecule has 0 atom stereocenters. The van der Waals surface area contributed by atoms with Gasteiger partial charge in [-0.15, -0.1) is 0 Å². The molecule has 1 heterocycles. The van der Waals surface area contributed by atoms with Crippen molar-refractivity contribution in [2.24, 2.45) is 0 Å². The number of pyridine rings is 1. The fourth-order valence-electron chi connectivity index (χ4n) is 1.48. The molecule has 0 fully saturated rings. The van der Waals surface area contributed by atoms with Gasteiger partial charge in [0.05, 0.1) is 6.61 Å². The SMILES string of the molecule is COCCOc1cc(C=O)c(C(C)(C)C)cn1. The summed E-state index contributed by atoms with van der Waals surface area (Å²) in [6, 6.07) is 1.67. The largest absolute Gasteiger partial charge is 0.475 e. The van der Waals surface area contributed by atoms with Gasteiger partial charge >= 0.3 is 0 Å². The standard InChI is InChI=1S/C13H19NO3/c1-13(2,3)11-8-14-12(7-10(11)9-15)17-6-5-16-4/h7-9H,5-6H2,1-4H3. The smallest absolute Gasteiger partial charge is 0.213 e. The lowest BCUT2D eigenvalue weighted by molar-refractivity contribution is 0.112. The quantitative estimate of drug-likeness (QED) is 0.582. The van der Waals surface area contributed by atoms with Crippen molar-refractivity contribution < 1.29 is 14.3 Å². The number of ether oxygens (including phenoxy) is 2. The monoisotopic (exact) mass is 237 g/mol. The zero-order valence-corrected chi connectivity index (χ0v) is 10.8. The van der Waals surface area contributed by atoms with E-state index in [2.05, 4.69) is 4.98 Å². The first-order valence-corrected chi connectivity index (χ1v) is 5.56. The topological polar surface area (TPSA) is 48.4 Å². The minimum absolute atomic E-state index is 0.103. The number of nitrogens with zero attached hydrogens (tertiary/aromatic N) is 1. The molecule has 0 saturated heterocycles. The van der Waals surface area contributed by atoms with E-state index in [4.69, 9.17) is 9.47 Å². The molecule has 0 N–H and O–H groups in total. The number of carbonyl (C=O) groups is 1. The van der Waals surface area contributed by atoms with Crippen molar-refractivity contribution in [3.8, 4) is 5.88 Å². The summed E-state index contributed by atoms with van der Waals surface area (Å²) in [5.41, 5.74) is 1.44. The second kappa shape index (κ2) is 5.77. The van der Waals surface area contributed by atoms with Crippen LogP contribution in [0.3, 0.4) is 0 Å². The van der Waals surface area contributed by atoms with Gasteiger partial charge in [0.25, 0.3) is 0 Å². The first-order chi connectivity index (χ1) is 7.99. The summed E-state index contributed by atoms with van der Waals surface area (Å²) in [7, 11) is 1.61. The highest BCUT2D eigenvalue weighted by atomic mass is 16.5. The van der Waals surface area contributed by atoms with E-state index in [9.17, 15) is 4.79 Å². The van der Waals surface area contributed by atoms with Crippen LogP contribution in [0.5, 0.6) is 5.88 Å². The van der Waals surface area contributed by atoms with Gasteiger partial charge < -0.3 is 9.47 Å². The number of hydrogen-bond acceptors (Lipinski definition) is 4. The van der Waals surface area contributed by atoms with Crippen molar-refractivity contribution in [2.75, 3.05) is 20.3 Å². The minimum atomic E-state index is -0.103. The van der Waals surface area contributed by atoms with E-state index in [0.29, 0.717) is 24.7 Å². The molecule has 0 radical (unpaired) electrons. The molecule has 94 valence electrons. The zero-order chi connectivity index (χ0) is 12.9. The summed E-state index contributed by atoms with van der Waals surface area (Å²) < 4.78 is 10.2. The molecule has 0 unspecified atom stereocenters. The predicted molar refractivity (Wildman–Crippen MR) is 65.7 cm³/mol. The highest BCUT2D eigenvalue weighted by Gasteiger charge is 2.18. The molecule has 1 aromatic heterocycles. The van der Waals surface area contributed by atoms with Gasteiger partial charge in [0.2, 0.25) is 5.88 Å². The fraction of sp³-hybridized carbons (Fsp3) is 0.538. The number of aldehydes is 1. The highest BCUT2D eigenvalue weighted by molar-refractivity contribution is 5.78. The maximum absolute atomic E-state index is 11.0. The first-order valence-electron chi connectivity index (χ1n) is 5.56. The van der Waals surface area contributed by atoms with Crippen molar-refractivity contribution in [1.82, 2.24) is 4.98 Å². The summed E-state index contributed by atoms with van der Waals surface area (Å²) in [5.74, 6) is 0.456. The molecule has 0 aromatic carbocycles. The summed E-state index contributed by atoms with van der Waals surface area (Å²) >= 11 is 0. The normalized spacial score (nSPS) is 11.3. The lowest BCUT2D eigenvalue weighted by Gasteiger charge is -2.20. The molecule has 0 aliphatic heterocycles. The Morgan fingerprint density at radius 2 is 2.06 bits per heavy atom. The van der Waals surface area contributed by atoms with E-state index in [0.717, 1.165) is 11.8 Å². The van der Waals surface area contributed by atoms with Crippen molar-refractivity contribution in [3.63, 3.8) is 0 Å². The first kappa shape index (κ1) is 13.6. The number of methoxy groups -OCH3 is 1. The molecule has 0 saturated carbocycles. The van der Waals surface area contributed by atoms with Gasteiger partial charge in [-0.2, -0.15) is 0 Å². The molecule has 17 heavy (non-hydrogen) atoms. The van der Waals surface area contributed by atoms with Gasteiger partial charge in [-0.3, -0.25) is 4.79 Å². The summed E-state index contributed by atoms with van der Waals surface area (Å²) in [4.78, 5) is 15.2. The Hall–Kier alpha value is -1.42. The van der Waals surface area contributed by atoms with Crippen LogP contribution >= 0.6 is 0 Å². The van der Waals surface area contributed by atoms with Crippen LogP contribution < -0.4 is 4.74 Å². The molecular formula is C13H19NO3. The van der Waals surface area contributed by atoms with Crippen molar-refractivity contribution in [1.29, 1.82) is 0 Å². The Bertz CT molecular complexity index is 383. The van der Waals surface area contributed by atoms with Crippen LogP contribution in [0.1, 0.15) is 36.7 Å². The molecule has 4 nitrogen and oxygen atoms in total. The van der Waals surface area contributed by atoms with Crippen molar-refractivity contribution in [2.45, 2.75) is 26.2 Å². The number of aromatic nitrogens is 1. The summed E-state index contributed by atoms with van der Waals surface area (Å²) in [5, 5.41) is 0. The van der Waals surface area contributed by atoms with Gasteiger partial charge in [0.1, 0.15) is 6.61 Å². The Kier molecular flexibility index (Phi) is 4.63. The van der Waals surface area contributed by atoms with Crippen LogP contribution in [-0.4, -0.2) is 31.6 Å². The Morgan fingerprint density at radius 1 is 1.35 bits per heavy atom. The maximum Gasteiger partial charge on any atom is 0.213 e. The van der Waals surface area contributed by atoms with Crippen molar-refractivity contribution in [3.05, 3.63) is 23.4 Å². The lowest BCUT2D eigenvalue weighted by Crippen LogP contribution is -2.15. The van der Waals surface area contributed by atoms with E-state index < -0.39 is 0 Å². The molecule has 0 amide bonds. The van der Waals surface area contributed by atoms with Crippen LogP contribution in [-0.2, 0) is 10.2 Å². The average Bonchev–Trinajstić information content (AvgIpc) is 2.28. The second-order valence-corrected chi connectivity index (χ2v) is 4.82. The van der Waals surface area contributed by atoms with Crippen LogP contribution in [0.2, 0.25) is 0 Å². The Labute approximate surface area is 102 Å². The van der Waals surface area contributed by atoms with Gasteiger partial charge in [-0.1, -0.05) is 20.8 Å². The molecule has 0 bridgehead atoms. The molecule has 4 heteroatoms. The van der Waals surface area contributed by atoms with E-state index in [1.165, 1.54) is 0 Å². The molecule has 0 spiro atoms. The van der Waals surface area contributed by atoms with Crippen LogP contribution in [0.15, 0.2) is 12.3 Å². The van der Waals surface area contributed by atoms with Crippen LogP contribution in [0.4, 0.5) is 0 Å². The average molecular weight is 237 g/mol. The molecular weight excluding hydrogens is 218 g/mol. The molecule has 1 rings (SSSR count). The van der Waals surface area contributed by atoms with E-state index in [1.807, 2.05) is 20.8 Å². The third kappa shape index (κ3) is 3.82. The maximum atomic E-state index is 11.0. The van der Waals surface area contributed by atoms with E-state index in [1.54, 1.807) is 19.4 Å². The third-order valence-corrected chi connectivity index (χ3v) is 2.38. The predicted octanol–water partition coefficient (Wildman–Crippen LogP) is 2.22. The fourth-order valence-corrected chi connectivity index (χ4v) is 1.48. The van der Waals surface area contributed by atoms with Gasteiger partial charge in [0, 0.05) is 24.9 Å². The minimum Gasteiger partial charge on any atom is -0.475 e. The van der Waals surface area contributed by atoms with Crippen LogP contribution in [0, 0.1) is 0 Å². The summed E-state index contributed by atoms with van der Waals surface area (Å²) in [6.45, 7) is 7.06. The molecule has 0 aliphatic carbocycles. The number of rotatable bonds is 5. The number of carbonyl (C=O) groups excluding carboxylic acids is 1. The van der Waals surface area contributed by atoms with Crippen LogP contribution in [0.25, 0.3) is 0 Å². The molecule has 0 aliphatic rings. The Morgan fingerprint density at radius 3 is 2.59 bits per heavy atom. The lowest BCUT2D eigenvalue weighted by atomic mass is 9.85. The van der Waals surface area contributed by atoms with Gasteiger partial charge in [-0.25, -0.2) is 4.98 Å². The highest BCUT2D eigenvalue weighted by Crippen LogP contribution is 2.26. The Balaban J connectivity index is 2.89. The number of hydrogen-bond donors (Lipinski definition) is 0. The zero-order valence-electron chi connectivity index (χ0n) is 10.8. The molecule has 1 aromatic rings. The van der Waals surface area contributed by atoms with E-state index >= 15 is 0 Å². The van der Waals surface area contributed by atoms with Gasteiger partial charge in [-0.05, 0) is 11.0 Å².